The van der Waals surface area contributed by atoms with E-state index in [1.807, 2.05) is 0 Å². The molecule has 0 aromatic carbocycles. The Labute approximate surface area is 104 Å². The highest BCUT2D eigenvalue weighted by Gasteiger charge is 2.56. The summed E-state index contributed by atoms with van der Waals surface area (Å²) in [6.07, 6.45) is 6.38. The summed E-state index contributed by atoms with van der Waals surface area (Å²) in [5.41, 5.74) is 5.93. The van der Waals surface area contributed by atoms with Crippen LogP contribution in [0.1, 0.15) is 39.0 Å². The second kappa shape index (κ2) is 4.27. The first-order chi connectivity index (χ1) is 8.18. The highest BCUT2D eigenvalue weighted by atomic mass is 16.2. The molecule has 2 saturated carbocycles. The lowest BCUT2D eigenvalue weighted by molar-refractivity contribution is -0.132. The van der Waals surface area contributed by atoms with Gasteiger partial charge in [0.05, 0.1) is 0 Å². The van der Waals surface area contributed by atoms with Crippen LogP contribution in [0.4, 0.5) is 0 Å². The molecule has 3 aliphatic rings. The third-order valence-electron chi connectivity index (χ3n) is 5.22. The Morgan fingerprint density at radius 3 is 2.41 bits per heavy atom. The number of amides is 1. The van der Waals surface area contributed by atoms with E-state index < -0.39 is 0 Å². The van der Waals surface area contributed by atoms with Crippen LogP contribution in [-0.4, -0.2) is 29.9 Å². The lowest BCUT2D eigenvalue weighted by Gasteiger charge is -2.18. The van der Waals surface area contributed by atoms with Gasteiger partial charge in [-0.05, 0) is 43.9 Å². The Balaban J connectivity index is 1.57. The molecule has 1 saturated heterocycles. The lowest BCUT2D eigenvalue weighted by atomic mass is 10.0. The molecule has 3 fully saturated rings. The van der Waals surface area contributed by atoms with Gasteiger partial charge in [0.1, 0.15) is 0 Å². The van der Waals surface area contributed by atoms with Crippen LogP contribution >= 0.6 is 0 Å². The van der Waals surface area contributed by atoms with Crippen molar-refractivity contribution in [3.05, 3.63) is 0 Å². The summed E-state index contributed by atoms with van der Waals surface area (Å²) in [6, 6.07) is 0.231. The zero-order valence-electron chi connectivity index (χ0n) is 10.8. The quantitative estimate of drug-likeness (QED) is 0.792. The van der Waals surface area contributed by atoms with Crippen molar-refractivity contribution in [1.82, 2.24) is 4.90 Å². The Bertz CT molecular complexity index is 303. The minimum absolute atomic E-state index is 0.231. The zero-order chi connectivity index (χ0) is 12.0. The third-order valence-corrected chi connectivity index (χ3v) is 5.22. The molecule has 3 heteroatoms. The molecule has 0 aromatic heterocycles. The molecule has 4 unspecified atom stereocenters. The smallest absolute Gasteiger partial charge is 0.226 e. The van der Waals surface area contributed by atoms with Crippen molar-refractivity contribution >= 4 is 5.91 Å². The van der Waals surface area contributed by atoms with Crippen molar-refractivity contribution in [3.8, 4) is 0 Å². The minimum Gasteiger partial charge on any atom is -0.342 e. The largest absolute Gasteiger partial charge is 0.342 e. The van der Waals surface area contributed by atoms with Crippen molar-refractivity contribution < 1.29 is 4.79 Å². The number of nitrogens with two attached hydrogens (primary N) is 1. The monoisotopic (exact) mass is 236 g/mol. The molecule has 0 aromatic rings. The van der Waals surface area contributed by atoms with E-state index in [0.717, 1.165) is 31.3 Å². The molecular weight excluding hydrogens is 212 g/mol. The van der Waals surface area contributed by atoms with Crippen LogP contribution in [-0.2, 0) is 4.79 Å². The van der Waals surface area contributed by atoms with Crippen molar-refractivity contribution in [2.75, 3.05) is 13.1 Å². The van der Waals surface area contributed by atoms with Crippen LogP contribution < -0.4 is 5.73 Å². The van der Waals surface area contributed by atoms with Gasteiger partial charge in [-0.25, -0.2) is 0 Å². The van der Waals surface area contributed by atoms with Crippen LogP contribution in [0, 0.1) is 23.7 Å². The Morgan fingerprint density at radius 1 is 1.24 bits per heavy atom. The summed E-state index contributed by atoms with van der Waals surface area (Å²) in [4.78, 5) is 14.5. The number of fused-ring (bicyclic) bond motifs is 1. The number of carbonyl (C=O) groups is 1. The first kappa shape index (κ1) is 11.5. The van der Waals surface area contributed by atoms with Gasteiger partial charge in [0, 0.05) is 25.0 Å². The second-order valence-corrected chi connectivity index (χ2v) is 6.33. The van der Waals surface area contributed by atoms with E-state index in [1.165, 1.54) is 25.7 Å². The Kier molecular flexibility index (Phi) is 2.89. The topological polar surface area (TPSA) is 46.3 Å². The molecule has 4 atom stereocenters. The first-order valence-electron chi connectivity index (χ1n) is 7.23. The van der Waals surface area contributed by atoms with Gasteiger partial charge in [-0.1, -0.05) is 12.8 Å². The summed E-state index contributed by atoms with van der Waals surface area (Å²) in [5.74, 6) is 2.85. The van der Waals surface area contributed by atoms with Gasteiger partial charge in [0.2, 0.25) is 5.91 Å². The van der Waals surface area contributed by atoms with Crippen molar-refractivity contribution in [2.24, 2.45) is 29.4 Å². The summed E-state index contributed by atoms with van der Waals surface area (Å²) in [6.45, 7) is 3.92. The van der Waals surface area contributed by atoms with Crippen LogP contribution in [0.15, 0.2) is 0 Å². The molecule has 1 aliphatic heterocycles. The van der Waals surface area contributed by atoms with E-state index in [9.17, 15) is 4.79 Å². The normalized spacial score (nSPS) is 42.1. The van der Waals surface area contributed by atoms with Crippen molar-refractivity contribution in [1.29, 1.82) is 0 Å². The van der Waals surface area contributed by atoms with E-state index in [2.05, 4.69) is 11.8 Å². The van der Waals surface area contributed by atoms with E-state index in [0.29, 0.717) is 17.7 Å². The number of hydrogen-bond donors (Lipinski definition) is 1. The second-order valence-electron chi connectivity index (χ2n) is 6.33. The lowest BCUT2D eigenvalue weighted by Crippen LogP contribution is -2.34. The van der Waals surface area contributed by atoms with Gasteiger partial charge in [0.25, 0.3) is 0 Å². The van der Waals surface area contributed by atoms with Gasteiger partial charge in [-0.15, -0.1) is 0 Å². The number of rotatable bonds is 2. The fourth-order valence-corrected chi connectivity index (χ4v) is 3.99. The molecule has 0 spiro atoms. The molecule has 1 amide bonds. The molecule has 17 heavy (non-hydrogen) atoms. The summed E-state index contributed by atoms with van der Waals surface area (Å²) >= 11 is 0. The summed E-state index contributed by atoms with van der Waals surface area (Å²) in [5, 5.41) is 0. The van der Waals surface area contributed by atoms with Crippen molar-refractivity contribution in [3.63, 3.8) is 0 Å². The maximum Gasteiger partial charge on any atom is 0.226 e. The van der Waals surface area contributed by atoms with Crippen LogP contribution in [0.2, 0.25) is 0 Å². The zero-order valence-corrected chi connectivity index (χ0v) is 10.8. The molecule has 2 N–H and O–H groups in total. The number of likely N-dealkylation sites (tertiary alicyclic amines) is 1. The summed E-state index contributed by atoms with van der Waals surface area (Å²) in [7, 11) is 0. The number of nitrogens with zero attached hydrogens (tertiary/aromatic N) is 1. The van der Waals surface area contributed by atoms with Gasteiger partial charge < -0.3 is 10.6 Å². The van der Waals surface area contributed by atoms with E-state index >= 15 is 0 Å². The molecule has 0 radical (unpaired) electrons. The maximum atomic E-state index is 12.4. The fraction of sp³-hybridized carbons (Fsp3) is 0.929. The maximum absolute atomic E-state index is 12.4. The molecule has 1 heterocycles. The predicted molar refractivity (Wildman–Crippen MR) is 67.3 cm³/mol. The minimum atomic E-state index is 0.231. The average molecular weight is 236 g/mol. The molecular formula is C14H24N2O. The standard InChI is InChI=1S/C14H24N2O/c1-9(15)10-6-7-16(8-10)14(17)13-11-4-2-3-5-12(11)13/h9-13H,2-8,15H2,1H3. The molecule has 2 aliphatic carbocycles. The highest BCUT2D eigenvalue weighted by molar-refractivity contribution is 5.82. The average Bonchev–Trinajstić information content (AvgIpc) is 2.83. The number of carbonyl (C=O) groups excluding carboxylic acids is 1. The Hall–Kier alpha value is -0.570. The number of hydrogen-bond acceptors (Lipinski definition) is 2. The van der Waals surface area contributed by atoms with Gasteiger partial charge in [0.15, 0.2) is 0 Å². The van der Waals surface area contributed by atoms with E-state index in [4.69, 9.17) is 5.73 Å². The summed E-state index contributed by atoms with van der Waals surface area (Å²) < 4.78 is 0. The first-order valence-corrected chi connectivity index (χ1v) is 7.23. The molecule has 96 valence electrons. The third kappa shape index (κ3) is 1.99. The van der Waals surface area contributed by atoms with Gasteiger partial charge >= 0.3 is 0 Å². The van der Waals surface area contributed by atoms with Crippen LogP contribution in [0.25, 0.3) is 0 Å². The van der Waals surface area contributed by atoms with E-state index in [1.54, 1.807) is 0 Å². The van der Waals surface area contributed by atoms with Crippen LogP contribution in [0.3, 0.4) is 0 Å². The molecule has 3 nitrogen and oxygen atoms in total. The van der Waals surface area contributed by atoms with Gasteiger partial charge in [-0.3, -0.25) is 4.79 Å². The highest BCUT2D eigenvalue weighted by Crippen LogP contribution is 2.56. The van der Waals surface area contributed by atoms with E-state index in [-0.39, 0.29) is 6.04 Å². The van der Waals surface area contributed by atoms with Gasteiger partial charge in [-0.2, -0.15) is 0 Å². The fourth-order valence-electron chi connectivity index (χ4n) is 3.99. The predicted octanol–water partition coefficient (Wildman–Crippen LogP) is 1.62. The molecule has 0 bridgehead atoms. The van der Waals surface area contributed by atoms with Crippen LogP contribution in [0.5, 0.6) is 0 Å². The Morgan fingerprint density at radius 2 is 1.88 bits per heavy atom. The molecule has 3 rings (SSSR count). The van der Waals surface area contributed by atoms with Crippen molar-refractivity contribution in [2.45, 2.75) is 45.1 Å². The SMILES string of the molecule is CC(N)C1CCN(C(=O)C2C3CCCCC32)C1.